The van der Waals surface area contributed by atoms with E-state index in [0.717, 1.165) is 0 Å². The van der Waals surface area contributed by atoms with Crippen molar-refractivity contribution < 1.29 is 0 Å². The Morgan fingerprint density at radius 2 is 1.33 bits per heavy atom. The molecule has 4 heteroatoms. The van der Waals surface area contributed by atoms with Crippen LogP contribution in [0, 0.1) is 0 Å². The van der Waals surface area contributed by atoms with Gasteiger partial charge in [-0.05, 0) is 15.9 Å². The summed E-state index contributed by atoms with van der Waals surface area (Å²) in [6.07, 6.45) is 0. The third-order valence-electron chi connectivity index (χ3n) is 0.143. The first kappa shape index (κ1) is 7.09. The molecule has 0 atom stereocenters. The third kappa shape index (κ3) is 3.29. The zero-order valence-corrected chi connectivity index (χ0v) is 6.37. The lowest BCUT2D eigenvalue weighted by Crippen LogP contribution is -1.46. The van der Waals surface area contributed by atoms with Crippen molar-refractivity contribution in [1.82, 2.24) is 0 Å². The largest absolute Gasteiger partial charge is 0.132 e. The number of halogens is 4. The number of hydrogen-bond donors (Lipinski definition) is 0. The van der Waals surface area contributed by atoms with Crippen LogP contribution in [-0.4, -0.2) is 0 Å². The molecule has 0 rings (SSSR count). The van der Waals surface area contributed by atoms with Gasteiger partial charge < -0.3 is 0 Å². The highest BCUT2D eigenvalue weighted by Crippen LogP contribution is 2.22. The van der Waals surface area contributed by atoms with E-state index in [2.05, 4.69) is 15.9 Å². The summed E-state index contributed by atoms with van der Waals surface area (Å²) in [6, 6.07) is 0. The van der Waals surface area contributed by atoms with Gasteiger partial charge in [-0.1, -0.05) is 34.8 Å². The van der Waals surface area contributed by atoms with E-state index in [0.29, 0.717) is 0 Å². The average molecular weight is 210 g/mol. The van der Waals surface area contributed by atoms with Crippen molar-refractivity contribution in [3.8, 4) is 0 Å². The molecule has 0 aromatic heterocycles. The van der Waals surface area contributed by atoms with Crippen LogP contribution in [0.1, 0.15) is 0 Å². The monoisotopic (exact) mass is 208 g/mol. The minimum absolute atomic E-state index is 0.0525. The lowest BCUT2D eigenvalue weighted by atomic mass is 11.2. The van der Waals surface area contributed by atoms with Gasteiger partial charge in [0.05, 0.1) is 0 Å². The number of hydrogen-bond acceptors (Lipinski definition) is 0. The van der Waals surface area contributed by atoms with Gasteiger partial charge in [0.2, 0.25) is 0 Å². The van der Waals surface area contributed by atoms with E-state index in [1.165, 1.54) is 0 Å². The second-order valence-corrected chi connectivity index (χ2v) is 3.10. The standard InChI is InChI=1S/C2BrCl3/c3-1(4)2(5)6. The Balaban J connectivity index is 3.68. The Morgan fingerprint density at radius 1 is 1.17 bits per heavy atom. The van der Waals surface area contributed by atoms with Gasteiger partial charge in [-0.25, -0.2) is 0 Å². The van der Waals surface area contributed by atoms with E-state index in [4.69, 9.17) is 34.8 Å². The predicted molar refractivity (Wildman–Crippen MR) is 33.5 cm³/mol. The fraction of sp³-hybridized carbons (Fsp3) is 0. The zero-order chi connectivity index (χ0) is 5.15. The summed E-state index contributed by atoms with van der Waals surface area (Å²) in [5.74, 6) is 0. The van der Waals surface area contributed by atoms with Crippen molar-refractivity contribution in [1.29, 1.82) is 0 Å². The van der Waals surface area contributed by atoms with Gasteiger partial charge in [-0.15, -0.1) is 0 Å². The minimum atomic E-state index is 0.0525. The lowest BCUT2D eigenvalue weighted by Gasteiger charge is -1.76. The van der Waals surface area contributed by atoms with E-state index < -0.39 is 0 Å². The van der Waals surface area contributed by atoms with Crippen LogP contribution in [0.2, 0.25) is 0 Å². The summed E-state index contributed by atoms with van der Waals surface area (Å²) >= 11 is 18.1. The molecular weight excluding hydrogens is 210 g/mol. The van der Waals surface area contributed by atoms with E-state index >= 15 is 0 Å². The highest BCUT2D eigenvalue weighted by molar-refractivity contribution is 9.12. The van der Waals surface area contributed by atoms with Crippen LogP contribution >= 0.6 is 50.7 Å². The Kier molecular flexibility index (Phi) is 3.71. The molecule has 0 aliphatic heterocycles. The molecule has 0 saturated heterocycles. The van der Waals surface area contributed by atoms with Crippen molar-refractivity contribution in [2.45, 2.75) is 0 Å². The topological polar surface area (TPSA) is 0 Å². The first-order valence-corrected chi connectivity index (χ1v) is 2.93. The highest BCUT2D eigenvalue weighted by Gasteiger charge is 1.87. The summed E-state index contributed by atoms with van der Waals surface area (Å²) in [5.41, 5.74) is 0. The van der Waals surface area contributed by atoms with Crippen LogP contribution in [0.15, 0.2) is 8.43 Å². The molecule has 36 valence electrons. The normalized spacial score (nSPS) is 8.00. The summed E-state index contributed by atoms with van der Waals surface area (Å²) in [7, 11) is 0. The quantitative estimate of drug-likeness (QED) is 0.576. The SMILES string of the molecule is ClC(Cl)=C(Cl)Br. The van der Waals surface area contributed by atoms with E-state index in [9.17, 15) is 0 Å². The van der Waals surface area contributed by atoms with E-state index in [1.807, 2.05) is 0 Å². The molecule has 0 N–H and O–H groups in total. The van der Waals surface area contributed by atoms with Crippen LogP contribution in [0.3, 0.4) is 0 Å². The van der Waals surface area contributed by atoms with Crippen molar-refractivity contribution in [3.05, 3.63) is 8.43 Å². The molecule has 0 aliphatic rings. The molecule has 0 fully saturated rings. The second-order valence-electron chi connectivity index (χ2n) is 0.521. The minimum Gasteiger partial charge on any atom is -0.0735 e. The Hall–Kier alpha value is 1.09. The Bertz CT molecular complexity index is 58.9. The summed E-state index contributed by atoms with van der Waals surface area (Å²) in [6.45, 7) is 0. The van der Waals surface area contributed by atoms with Gasteiger partial charge in [-0.2, -0.15) is 0 Å². The van der Waals surface area contributed by atoms with Gasteiger partial charge in [-0.3, -0.25) is 0 Å². The Labute approximate surface area is 59.2 Å². The first-order valence-electron chi connectivity index (χ1n) is 1.01. The molecule has 0 saturated carbocycles. The van der Waals surface area contributed by atoms with Gasteiger partial charge in [0, 0.05) is 0 Å². The van der Waals surface area contributed by atoms with Crippen molar-refractivity contribution in [3.63, 3.8) is 0 Å². The summed E-state index contributed by atoms with van der Waals surface area (Å²) < 4.78 is 0.294. The van der Waals surface area contributed by atoms with E-state index in [1.54, 1.807) is 0 Å². The highest BCUT2D eigenvalue weighted by atomic mass is 79.9. The maximum Gasteiger partial charge on any atom is 0.132 e. The molecule has 0 unspecified atom stereocenters. The fourth-order valence-corrected chi connectivity index (χ4v) is 0. The number of rotatable bonds is 0. The van der Waals surface area contributed by atoms with Gasteiger partial charge >= 0.3 is 0 Å². The van der Waals surface area contributed by atoms with Crippen molar-refractivity contribution in [2.24, 2.45) is 0 Å². The van der Waals surface area contributed by atoms with Crippen molar-refractivity contribution in [2.75, 3.05) is 0 Å². The molecular formula is C2BrCl3. The average Bonchev–Trinajstić information content (AvgIpc) is 1.36. The molecule has 0 radical (unpaired) electrons. The predicted octanol–water partition coefficient (Wildman–Crippen LogP) is 3.22. The van der Waals surface area contributed by atoms with Crippen LogP contribution in [0.25, 0.3) is 0 Å². The maximum absolute atomic E-state index is 5.15. The molecule has 0 aliphatic carbocycles. The maximum atomic E-state index is 5.15. The summed E-state index contributed by atoms with van der Waals surface area (Å²) in [5, 5.41) is 0. The van der Waals surface area contributed by atoms with Crippen LogP contribution < -0.4 is 0 Å². The molecule has 0 aromatic rings. The fourth-order valence-electron chi connectivity index (χ4n) is 0. The van der Waals surface area contributed by atoms with Crippen LogP contribution in [0.4, 0.5) is 0 Å². The van der Waals surface area contributed by atoms with Crippen LogP contribution in [-0.2, 0) is 0 Å². The molecule has 0 heterocycles. The van der Waals surface area contributed by atoms with E-state index in [-0.39, 0.29) is 8.43 Å². The second kappa shape index (κ2) is 3.14. The zero-order valence-electron chi connectivity index (χ0n) is 2.51. The molecule has 0 spiro atoms. The molecule has 0 bridgehead atoms. The molecule has 0 amide bonds. The van der Waals surface area contributed by atoms with Crippen LogP contribution in [0.5, 0.6) is 0 Å². The van der Waals surface area contributed by atoms with Crippen molar-refractivity contribution >= 4 is 50.7 Å². The molecule has 0 aromatic carbocycles. The summed E-state index contributed by atoms with van der Waals surface area (Å²) in [4.78, 5) is 0. The smallest absolute Gasteiger partial charge is 0.0735 e. The van der Waals surface area contributed by atoms with Gasteiger partial charge in [0.1, 0.15) is 8.43 Å². The van der Waals surface area contributed by atoms with Gasteiger partial charge in [0.25, 0.3) is 0 Å². The third-order valence-corrected chi connectivity index (χ3v) is 1.76. The van der Waals surface area contributed by atoms with Gasteiger partial charge in [0.15, 0.2) is 0 Å². The Morgan fingerprint density at radius 3 is 1.33 bits per heavy atom. The molecule has 0 nitrogen and oxygen atoms in total. The lowest BCUT2D eigenvalue weighted by molar-refractivity contribution is 2.31. The molecule has 6 heavy (non-hydrogen) atoms. The first-order chi connectivity index (χ1) is 2.64.